The van der Waals surface area contributed by atoms with Crippen molar-refractivity contribution in [2.45, 2.75) is 30.0 Å². The first-order valence-corrected chi connectivity index (χ1v) is 10.0. The maximum Gasteiger partial charge on any atom is 0.416 e. The Balaban J connectivity index is 1.98. The van der Waals surface area contributed by atoms with Gasteiger partial charge in [-0.2, -0.15) is 17.5 Å². The number of ether oxygens (including phenoxy) is 2. The molecule has 0 amide bonds. The lowest BCUT2D eigenvalue weighted by atomic mass is 10.0. The van der Waals surface area contributed by atoms with Crippen molar-refractivity contribution in [2.24, 2.45) is 0 Å². The van der Waals surface area contributed by atoms with Crippen LogP contribution in [0.25, 0.3) is 0 Å². The average Bonchev–Trinajstić information content (AvgIpc) is 3.17. The first-order valence-electron chi connectivity index (χ1n) is 8.59. The van der Waals surface area contributed by atoms with E-state index in [-0.39, 0.29) is 11.4 Å². The number of halogens is 3. The maximum absolute atomic E-state index is 13.1. The Hall–Kier alpha value is -2.26. The summed E-state index contributed by atoms with van der Waals surface area (Å²) in [6.07, 6.45) is -3.32. The van der Waals surface area contributed by atoms with Crippen LogP contribution in [-0.4, -0.2) is 33.5 Å². The van der Waals surface area contributed by atoms with Crippen LogP contribution < -0.4 is 9.47 Å². The van der Waals surface area contributed by atoms with E-state index in [0.29, 0.717) is 29.9 Å². The quantitative estimate of drug-likeness (QED) is 0.733. The summed E-state index contributed by atoms with van der Waals surface area (Å²) < 4.78 is 76.4. The van der Waals surface area contributed by atoms with Gasteiger partial charge in [-0.1, -0.05) is 0 Å². The van der Waals surface area contributed by atoms with Crippen LogP contribution >= 0.6 is 0 Å². The zero-order valence-corrected chi connectivity index (χ0v) is 16.2. The van der Waals surface area contributed by atoms with Gasteiger partial charge in [-0.25, -0.2) is 8.42 Å². The van der Waals surface area contributed by atoms with Crippen molar-refractivity contribution >= 4 is 10.0 Å². The number of hydrogen-bond acceptors (Lipinski definition) is 4. The number of hydrogen-bond donors (Lipinski definition) is 0. The normalized spacial score (nSPS) is 18.2. The predicted octanol–water partition coefficient (Wildman–Crippen LogP) is 4.25. The van der Waals surface area contributed by atoms with Crippen LogP contribution in [0.15, 0.2) is 47.4 Å². The van der Waals surface area contributed by atoms with Gasteiger partial charge in [0.1, 0.15) is 11.5 Å². The highest BCUT2D eigenvalue weighted by molar-refractivity contribution is 7.89. The molecule has 0 spiro atoms. The lowest BCUT2D eigenvalue weighted by Gasteiger charge is -2.26. The topological polar surface area (TPSA) is 55.8 Å². The third-order valence-electron chi connectivity index (χ3n) is 4.79. The van der Waals surface area contributed by atoms with Crippen LogP contribution in [0.4, 0.5) is 13.2 Å². The maximum atomic E-state index is 13.1. The lowest BCUT2D eigenvalue weighted by Crippen LogP contribution is -2.31. The van der Waals surface area contributed by atoms with Crippen LogP contribution in [0.2, 0.25) is 0 Å². The van der Waals surface area contributed by atoms with E-state index in [1.54, 1.807) is 18.2 Å². The van der Waals surface area contributed by atoms with E-state index in [2.05, 4.69) is 0 Å². The molecule has 3 rings (SSSR count). The largest absolute Gasteiger partial charge is 0.497 e. The second kappa shape index (κ2) is 7.63. The van der Waals surface area contributed by atoms with Crippen molar-refractivity contribution in [1.82, 2.24) is 4.31 Å². The summed E-state index contributed by atoms with van der Waals surface area (Å²) in [5.74, 6) is 1.09. The van der Waals surface area contributed by atoms with Crippen molar-refractivity contribution in [3.05, 3.63) is 53.6 Å². The Morgan fingerprint density at radius 2 is 1.71 bits per heavy atom. The minimum Gasteiger partial charge on any atom is -0.497 e. The van der Waals surface area contributed by atoms with Crippen molar-refractivity contribution in [2.75, 3.05) is 20.8 Å². The monoisotopic (exact) mass is 415 g/mol. The van der Waals surface area contributed by atoms with Crippen LogP contribution in [0.5, 0.6) is 11.5 Å². The summed E-state index contributed by atoms with van der Waals surface area (Å²) >= 11 is 0. The zero-order valence-electron chi connectivity index (χ0n) is 15.4. The molecule has 5 nitrogen and oxygen atoms in total. The highest BCUT2D eigenvalue weighted by Gasteiger charge is 2.38. The fourth-order valence-electron chi connectivity index (χ4n) is 3.39. The van der Waals surface area contributed by atoms with Gasteiger partial charge in [0.15, 0.2) is 0 Å². The van der Waals surface area contributed by atoms with Crippen molar-refractivity contribution < 1.29 is 31.1 Å². The Kier molecular flexibility index (Phi) is 5.58. The predicted molar refractivity (Wildman–Crippen MR) is 96.9 cm³/mol. The SMILES string of the molecule is COc1ccc(OC)c([C@@H]2CCCN2S(=O)(=O)c2ccc(C(F)(F)F)cc2)c1. The number of sulfonamides is 1. The molecule has 1 saturated heterocycles. The standard InChI is InChI=1S/C19H20F3NO4S/c1-26-14-7-10-18(27-2)16(12-14)17-4-3-11-23(17)28(24,25)15-8-5-13(6-9-15)19(20,21)22/h5-10,12,17H,3-4,11H2,1-2H3/t17-/m0/s1. The van der Waals surface area contributed by atoms with Gasteiger partial charge in [0.05, 0.1) is 30.7 Å². The molecule has 0 N–H and O–H groups in total. The first kappa shape index (κ1) is 20.5. The smallest absolute Gasteiger partial charge is 0.416 e. The highest BCUT2D eigenvalue weighted by Crippen LogP contribution is 2.42. The number of nitrogens with zero attached hydrogens (tertiary/aromatic N) is 1. The van der Waals surface area contributed by atoms with Crippen LogP contribution in [0.3, 0.4) is 0 Å². The number of benzene rings is 2. The van der Waals surface area contributed by atoms with E-state index >= 15 is 0 Å². The van der Waals surface area contributed by atoms with Crippen LogP contribution in [-0.2, 0) is 16.2 Å². The Labute approximate surface area is 161 Å². The molecule has 2 aromatic rings. The molecule has 0 unspecified atom stereocenters. The van der Waals surface area contributed by atoms with Crippen LogP contribution in [0.1, 0.15) is 30.0 Å². The van der Waals surface area contributed by atoms with Gasteiger partial charge in [0, 0.05) is 12.1 Å². The Bertz CT molecular complexity index is 943. The van der Waals surface area contributed by atoms with Crippen molar-refractivity contribution in [3.8, 4) is 11.5 Å². The van der Waals surface area contributed by atoms with Gasteiger partial charge in [0.2, 0.25) is 10.0 Å². The fraction of sp³-hybridized carbons (Fsp3) is 0.368. The molecule has 0 radical (unpaired) electrons. The molecule has 9 heteroatoms. The molecule has 1 heterocycles. The lowest BCUT2D eigenvalue weighted by molar-refractivity contribution is -0.137. The summed E-state index contributed by atoms with van der Waals surface area (Å²) in [5, 5.41) is 0. The molecule has 2 aromatic carbocycles. The molecule has 28 heavy (non-hydrogen) atoms. The number of alkyl halides is 3. The zero-order chi connectivity index (χ0) is 20.5. The fourth-order valence-corrected chi connectivity index (χ4v) is 5.06. The summed E-state index contributed by atoms with van der Waals surface area (Å²) in [6, 6.07) is 8.21. The van der Waals surface area contributed by atoms with Gasteiger partial charge in [0.25, 0.3) is 0 Å². The van der Waals surface area contributed by atoms with Gasteiger partial charge in [-0.3, -0.25) is 0 Å². The molecular weight excluding hydrogens is 395 g/mol. The van der Waals surface area contributed by atoms with Crippen LogP contribution in [0, 0.1) is 0 Å². The van der Waals surface area contributed by atoms with Gasteiger partial charge >= 0.3 is 6.18 Å². The first-order chi connectivity index (χ1) is 13.2. The molecule has 1 atom stereocenters. The van der Waals surface area contributed by atoms with Gasteiger partial charge < -0.3 is 9.47 Å². The minimum atomic E-state index is -4.52. The molecule has 0 aromatic heterocycles. The average molecular weight is 415 g/mol. The van der Waals surface area contributed by atoms with Crippen molar-refractivity contribution in [3.63, 3.8) is 0 Å². The van der Waals surface area contributed by atoms with E-state index in [0.717, 1.165) is 24.3 Å². The Morgan fingerprint density at radius 3 is 2.29 bits per heavy atom. The summed E-state index contributed by atoms with van der Waals surface area (Å²) in [5.41, 5.74) is -0.228. The van der Waals surface area contributed by atoms with E-state index in [1.165, 1.54) is 18.5 Å². The molecule has 0 aliphatic carbocycles. The molecular formula is C19H20F3NO4S. The third kappa shape index (κ3) is 3.81. The van der Waals surface area contributed by atoms with Gasteiger partial charge in [-0.05, 0) is 55.3 Å². The second-order valence-corrected chi connectivity index (χ2v) is 8.29. The van der Waals surface area contributed by atoms with Crippen molar-refractivity contribution in [1.29, 1.82) is 0 Å². The van der Waals surface area contributed by atoms with Gasteiger partial charge in [-0.15, -0.1) is 0 Å². The molecule has 0 bridgehead atoms. The number of methoxy groups -OCH3 is 2. The van der Waals surface area contributed by atoms with E-state index in [4.69, 9.17) is 9.47 Å². The molecule has 1 aliphatic rings. The Morgan fingerprint density at radius 1 is 1.04 bits per heavy atom. The van der Waals surface area contributed by atoms with E-state index in [9.17, 15) is 21.6 Å². The molecule has 0 saturated carbocycles. The molecule has 152 valence electrons. The highest BCUT2D eigenvalue weighted by atomic mass is 32.2. The van der Waals surface area contributed by atoms with E-state index < -0.39 is 27.8 Å². The summed E-state index contributed by atoms with van der Waals surface area (Å²) in [7, 11) is -0.967. The molecule has 1 aliphatic heterocycles. The molecule has 1 fully saturated rings. The summed E-state index contributed by atoms with van der Waals surface area (Å²) in [4.78, 5) is -0.172. The minimum absolute atomic E-state index is 0.172. The second-order valence-electron chi connectivity index (χ2n) is 6.40. The third-order valence-corrected chi connectivity index (χ3v) is 6.71. The number of rotatable bonds is 5. The van der Waals surface area contributed by atoms with E-state index in [1.807, 2.05) is 0 Å². The summed E-state index contributed by atoms with van der Waals surface area (Å²) in [6.45, 7) is 0.272.